The predicted molar refractivity (Wildman–Crippen MR) is 69.8 cm³/mol. The summed E-state index contributed by atoms with van der Waals surface area (Å²) in [5.74, 6) is 0.835. The highest BCUT2D eigenvalue weighted by Gasteiger charge is 2.16. The first-order valence-electron chi connectivity index (χ1n) is 5.67. The summed E-state index contributed by atoms with van der Waals surface area (Å²) in [6.45, 7) is 4.54. The molecule has 1 atom stereocenters. The van der Waals surface area contributed by atoms with Gasteiger partial charge in [-0.1, -0.05) is 12.1 Å². The molecule has 0 saturated carbocycles. The second-order valence-corrected chi connectivity index (χ2v) is 4.26. The number of ether oxygens (including phenoxy) is 1. The fourth-order valence-corrected chi connectivity index (χ4v) is 2.11. The van der Waals surface area contributed by atoms with E-state index in [0.717, 1.165) is 17.7 Å². The Hall–Kier alpha value is -1.22. The molecule has 0 spiro atoms. The van der Waals surface area contributed by atoms with Gasteiger partial charge in [-0.3, -0.25) is 4.79 Å². The Labute approximate surface area is 107 Å². The van der Waals surface area contributed by atoms with E-state index < -0.39 is 5.37 Å². The van der Waals surface area contributed by atoms with Gasteiger partial charge in [-0.15, -0.1) is 0 Å². The highest BCUT2D eigenvalue weighted by atomic mass is 35.5. The van der Waals surface area contributed by atoms with E-state index in [1.165, 1.54) is 0 Å². The second kappa shape index (κ2) is 6.50. The maximum atomic E-state index is 11.2. The second-order valence-electron chi connectivity index (χ2n) is 3.94. The molecule has 0 aliphatic rings. The van der Waals surface area contributed by atoms with Crippen LogP contribution in [0.1, 0.15) is 19.4 Å². The molecule has 3 nitrogen and oxygen atoms in total. The third kappa shape index (κ3) is 3.93. The SMILES string of the molecule is CCN(C(=O)Cl)C(C)Cc1ccc(OC)cc1. The number of rotatable bonds is 5. The quantitative estimate of drug-likeness (QED) is 0.597. The van der Waals surface area contributed by atoms with Crippen LogP contribution in [0, 0.1) is 0 Å². The first-order chi connectivity index (χ1) is 8.08. The average Bonchev–Trinajstić information content (AvgIpc) is 2.30. The maximum Gasteiger partial charge on any atom is 0.316 e. The van der Waals surface area contributed by atoms with Gasteiger partial charge in [0, 0.05) is 12.6 Å². The molecule has 0 heterocycles. The monoisotopic (exact) mass is 255 g/mol. The Morgan fingerprint density at radius 3 is 2.41 bits per heavy atom. The number of hydrogen-bond donors (Lipinski definition) is 0. The third-order valence-electron chi connectivity index (χ3n) is 2.79. The molecule has 0 saturated heterocycles. The van der Waals surface area contributed by atoms with Crippen molar-refractivity contribution in [2.24, 2.45) is 0 Å². The number of nitrogens with zero attached hydrogens (tertiary/aromatic N) is 1. The smallest absolute Gasteiger partial charge is 0.316 e. The zero-order valence-electron chi connectivity index (χ0n) is 10.4. The Bertz CT molecular complexity index is 364. The van der Waals surface area contributed by atoms with E-state index in [1.54, 1.807) is 12.0 Å². The van der Waals surface area contributed by atoms with E-state index in [4.69, 9.17) is 16.3 Å². The third-order valence-corrected chi connectivity index (χ3v) is 3.01. The molecular weight excluding hydrogens is 238 g/mol. The van der Waals surface area contributed by atoms with Crippen LogP contribution in [0.15, 0.2) is 24.3 Å². The van der Waals surface area contributed by atoms with Gasteiger partial charge < -0.3 is 9.64 Å². The Morgan fingerprint density at radius 1 is 1.41 bits per heavy atom. The van der Waals surface area contributed by atoms with Crippen LogP contribution in [0.3, 0.4) is 0 Å². The number of methoxy groups -OCH3 is 1. The van der Waals surface area contributed by atoms with Crippen LogP contribution < -0.4 is 4.74 Å². The Balaban J connectivity index is 2.66. The summed E-state index contributed by atoms with van der Waals surface area (Å²) in [7, 11) is 1.64. The molecule has 0 fully saturated rings. The van der Waals surface area contributed by atoms with Crippen molar-refractivity contribution in [3.63, 3.8) is 0 Å². The van der Waals surface area contributed by atoms with Crippen LogP contribution in [-0.4, -0.2) is 30.0 Å². The van der Waals surface area contributed by atoms with E-state index in [1.807, 2.05) is 38.1 Å². The minimum atomic E-state index is -0.395. The maximum absolute atomic E-state index is 11.2. The van der Waals surface area contributed by atoms with Crippen LogP contribution in [0.5, 0.6) is 5.75 Å². The molecule has 0 radical (unpaired) electrons. The minimum absolute atomic E-state index is 0.0957. The molecule has 1 amide bonds. The molecule has 0 bridgehead atoms. The van der Waals surface area contributed by atoms with Crippen molar-refractivity contribution >= 4 is 17.0 Å². The van der Waals surface area contributed by atoms with Crippen molar-refractivity contribution in [2.45, 2.75) is 26.3 Å². The number of carbonyl (C=O) groups is 1. The summed E-state index contributed by atoms with van der Waals surface area (Å²) < 4.78 is 5.10. The molecule has 0 aliphatic heterocycles. The predicted octanol–water partition coefficient (Wildman–Crippen LogP) is 3.31. The number of halogens is 1. The molecule has 0 aromatic heterocycles. The fraction of sp³-hybridized carbons (Fsp3) is 0.462. The minimum Gasteiger partial charge on any atom is -0.497 e. The van der Waals surface area contributed by atoms with Crippen molar-refractivity contribution in [1.82, 2.24) is 4.90 Å². The Morgan fingerprint density at radius 2 is 2.00 bits per heavy atom. The molecule has 4 heteroatoms. The normalized spacial score (nSPS) is 12.0. The van der Waals surface area contributed by atoms with Crippen molar-refractivity contribution in [3.8, 4) is 5.75 Å². The van der Waals surface area contributed by atoms with Gasteiger partial charge in [-0.2, -0.15) is 0 Å². The summed E-state index contributed by atoms with van der Waals surface area (Å²) in [5, 5.41) is -0.395. The molecule has 1 aromatic rings. The first kappa shape index (κ1) is 13.8. The fourth-order valence-electron chi connectivity index (χ4n) is 1.82. The molecule has 0 aliphatic carbocycles. The first-order valence-corrected chi connectivity index (χ1v) is 6.05. The van der Waals surface area contributed by atoms with Crippen molar-refractivity contribution in [1.29, 1.82) is 0 Å². The van der Waals surface area contributed by atoms with Gasteiger partial charge in [-0.25, -0.2) is 0 Å². The number of likely N-dealkylation sites (N-methyl/N-ethyl adjacent to an activating group) is 1. The lowest BCUT2D eigenvalue weighted by Crippen LogP contribution is -2.36. The topological polar surface area (TPSA) is 29.5 Å². The summed E-state index contributed by atoms with van der Waals surface area (Å²) in [6.07, 6.45) is 0.788. The van der Waals surface area contributed by atoms with E-state index in [2.05, 4.69) is 0 Å². The summed E-state index contributed by atoms with van der Waals surface area (Å²) in [4.78, 5) is 12.8. The molecular formula is C13H18ClNO2. The van der Waals surface area contributed by atoms with Gasteiger partial charge in [0.05, 0.1) is 7.11 Å². The van der Waals surface area contributed by atoms with E-state index >= 15 is 0 Å². The zero-order chi connectivity index (χ0) is 12.8. The van der Waals surface area contributed by atoms with Crippen molar-refractivity contribution in [2.75, 3.05) is 13.7 Å². The van der Waals surface area contributed by atoms with Crippen LogP contribution in [0.4, 0.5) is 4.79 Å². The van der Waals surface area contributed by atoms with Crippen LogP contribution >= 0.6 is 11.6 Å². The lowest BCUT2D eigenvalue weighted by molar-refractivity contribution is 0.206. The number of hydrogen-bond acceptors (Lipinski definition) is 2. The van der Waals surface area contributed by atoms with Crippen molar-refractivity contribution < 1.29 is 9.53 Å². The zero-order valence-corrected chi connectivity index (χ0v) is 11.2. The molecule has 0 N–H and O–H groups in total. The van der Waals surface area contributed by atoms with Crippen LogP contribution in [0.25, 0.3) is 0 Å². The highest BCUT2D eigenvalue weighted by molar-refractivity contribution is 6.62. The van der Waals surface area contributed by atoms with Crippen molar-refractivity contribution in [3.05, 3.63) is 29.8 Å². The lowest BCUT2D eigenvalue weighted by atomic mass is 10.1. The molecule has 1 aromatic carbocycles. The Kier molecular flexibility index (Phi) is 5.29. The molecule has 17 heavy (non-hydrogen) atoms. The van der Waals surface area contributed by atoms with Gasteiger partial charge in [0.2, 0.25) is 0 Å². The van der Waals surface area contributed by atoms with Crippen LogP contribution in [0.2, 0.25) is 0 Å². The standard InChI is InChI=1S/C13H18ClNO2/c1-4-15(13(14)16)10(2)9-11-5-7-12(17-3)8-6-11/h5-8,10H,4,9H2,1-3H3. The molecule has 1 rings (SSSR count). The van der Waals surface area contributed by atoms with Crippen LogP contribution in [-0.2, 0) is 6.42 Å². The lowest BCUT2D eigenvalue weighted by Gasteiger charge is -2.25. The van der Waals surface area contributed by atoms with Gasteiger partial charge in [0.15, 0.2) is 0 Å². The van der Waals surface area contributed by atoms with Gasteiger partial charge in [-0.05, 0) is 49.6 Å². The van der Waals surface area contributed by atoms with Gasteiger partial charge >= 0.3 is 5.37 Å². The number of carbonyl (C=O) groups excluding carboxylic acids is 1. The van der Waals surface area contributed by atoms with E-state index in [-0.39, 0.29) is 6.04 Å². The van der Waals surface area contributed by atoms with E-state index in [9.17, 15) is 4.79 Å². The molecule has 1 unspecified atom stereocenters. The largest absolute Gasteiger partial charge is 0.497 e. The summed E-state index contributed by atoms with van der Waals surface area (Å²) in [6, 6.07) is 7.93. The average molecular weight is 256 g/mol. The summed E-state index contributed by atoms with van der Waals surface area (Å²) >= 11 is 5.52. The molecule has 94 valence electrons. The number of benzene rings is 1. The van der Waals surface area contributed by atoms with E-state index in [0.29, 0.717) is 6.54 Å². The number of amides is 1. The summed E-state index contributed by atoms with van der Waals surface area (Å²) in [5.41, 5.74) is 1.16. The highest BCUT2D eigenvalue weighted by Crippen LogP contribution is 2.15. The van der Waals surface area contributed by atoms with Gasteiger partial charge in [0.25, 0.3) is 0 Å². The van der Waals surface area contributed by atoms with Gasteiger partial charge in [0.1, 0.15) is 5.75 Å².